The minimum absolute atomic E-state index is 0.0966. The summed E-state index contributed by atoms with van der Waals surface area (Å²) in [5.74, 6) is 2.44. The van der Waals surface area contributed by atoms with Crippen molar-refractivity contribution in [2.45, 2.75) is 71.0 Å². The van der Waals surface area contributed by atoms with Crippen LogP contribution in [-0.2, 0) is 0 Å². The highest BCUT2D eigenvalue weighted by atomic mass is 16.3. The predicted molar refractivity (Wildman–Crippen MR) is 85.1 cm³/mol. The molecule has 0 radical (unpaired) electrons. The lowest BCUT2D eigenvalue weighted by Crippen LogP contribution is -2.58. The molecular formula is C19H32O3. The second-order valence-corrected chi connectivity index (χ2v) is 9.32. The summed E-state index contributed by atoms with van der Waals surface area (Å²) in [7, 11) is 0. The summed E-state index contributed by atoms with van der Waals surface area (Å²) in [5, 5.41) is 31.3. The maximum atomic E-state index is 11.0. The van der Waals surface area contributed by atoms with Crippen molar-refractivity contribution in [3.63, 3.8) is 0 Å². The van der Waals surface area contributed by atoms with E-state index in [1.165, 1.54) is 19.3 Å². The Morgan fingerprint density at radius 1 is 1.09 bits per heavy atom. The quantitative estimate of drug-likeness (QED) is 0.698. The average molecular weight is 308 g/mol. The zero-order valence-corrected chi connectivity index (χ0v) is 14.0. The van der Waals surface area contributed by atoms with Gasteiger partial charge >= 0.3 is 0 Å². The summed E-state index contributed by atoms with van der Waals surface area (Å²) >= 11 is 0. The molecule has 0 heterocycles. The third-order valence-electron chi connectivity index (χ3n) is 8.61. The molecule has 4 saturated carbocycles. The lowest BCUT2D eigenvalue weighted by Gasteiger charge is -2.62. The van der Waals surface area contributed by atoms with Crippen LogP contribution < -0.4 is 0 Å². The Kier molecular flexibility index (Phi) is 3.46. The Balaban J connectivity index is 1.73. The van der Waals surface area contributed by atoms with Gasteiger partial charge in [-0.1, -0.05) is 13.8 Å². The predicted octanol–water partition coefficient (Wildman–Crippen LogP) is 2.58. The zero-order valence-electron chi connectivity index (χ0n) is 14.0. The molecule has 4 fully saturated rings. The molecule has 9 atom stereocenters. The van der Waals surface area contributed by atoms with Gasteiger partial charge in [-0.15, -0.1) is 0 Å². The molecule has 0 aromatic heterocycles. The zero-order chi connectivity index (χ0) is 15.7. The van der Waals surface area contributed by atoms with Gasteiger partial charge in [-0.05, 0) is 80.0 Å². The van der Waals surface area contributed by atoms with E-state index in [2.05, 4.69) is 13.8 Å². The van der Waals surface area contributed by atoms with Gasteiger partial charge in [-0.25, -0.2) is 0 Å². The molecule has 0 saturated heterocycles. The lowest BCUT2D eigenvalue weighted by atomic mass is 9.43. The summed E-state index contributed by atoms with van der Waals surface area (Å²) in [6, 6.07) is 0. The van der Waals surface area contributed by atoms with E-state index < -0.39 is 0 Å². The van der Waals surface area contributed by atoms with E-state index in [4.69, 9.17) is 0 Å². The van der Waals surface area contributed by atoms with Crippen LogP contribution in [0.3, 0.4) is 0 Å². The first kappa shape index (κ1) is 15.4. The normalized spacial score (nSPS) is 60.7. The number of hydrogen-bond donors (Lipinski definition) is 3. The van der Waals surface area contributed by atoms with Gasteiger partial charge in [-0.2, -0.15) is 0 Å². The Morgan fingerprint density at radius 3 is 2.59 bits per heavy atom. The van der Waals surface area contributed by atoms with E-state index in [0.717, 1.165) is 25.7 Å². The molecule has 126 valence electrons. The summed E-state index contributed by atoms with van der Waals surface area (Å²) in [6.07, 6.45) is 7.11. The number of rotatable bonds is 1. The van der Waals surface area contributed by atoms with Gasteiger partial charge in [0.2, 0.25) is 0 Å². The van der Waals surface area contributed by atoms with Gasteiger partial charge in [0.1, 0.15) is 0 Å². The highest BCUT2D eigenvalue weighted by Crippen LogP contribution is 2.70. The average Bonchev–Trinajstić information content (AvgIpc) is 2.66. The Hall–Kier alpha value is -0.120. The van der Waals surface area contributed by atoms with Crippen molar-refractivity contribution in [1.29, 1.82) is 0 Å². The molecule has 0 unspecified atom stereocenters. The standard InChI is InChI=1S/C19H32O3/c1-11-12-3-4-16-18(2)9-14(21)7-13(10-20)15(18)5-6-19(16,8-12)17(11)22/h11-17,20-22H,3-10H2,1-2H3/t11-,12-,13+,14-,15-,16+,17-,18-,19-/m1/s1. The van der Waals surface area contributed by atoms with Crippen molar-refractivity contribution in [1.82, 2.24) is 0 Å². The van der Waals surface area contributed by atoms with Gasteiger partial charge in [-0.3, -0.25) is 0 Å². The highest BCUT2D eigenvalue weighted by molar-refractivity contribution is 5.15. The SMILES string of the molecule is C[C@@H]1[C@@H]2CC[C@H]3[C@]4(C)C[C@H](O)C[C@@H](CO)[C@H]4CC[C@]3(C2)[C@@H]1O. The minimum atomic E-state index is -0.276. The monoisotopic (exact) mass is 308 g/mol. The molecule has 4 aliphatic carbocycles. The Labute approximate surface area is 134 Å². The van der Waals surface area contributed by atoms with Crippen LogP contribution in [0.1, 0.15) is 58.8 Å². The Bertz CT molecular complexity index is 452. The van der Waals surface area contributed by atoms with E-state index in [0.29, 0.717) is 23.7 Å². The molecule has 0 aliphatic heterocycles. The van der Waals surface area contributed by atoms with Crippen LogP contribution in [0.4, 0.5) is 0 Å². The van der Waals surface area contributed by atoms with E-state index in [1.54, 1.807) is 0 Å². The van der Waals surface area contributed by atoms with Crippen molar-refractivity contribution in [3.8, 4) is 0 Å². The molecule has 0 aromatic rings. The lowest BCUT2D eigenvalue weighted by molar-refractivity contribution is -0.177. The van der Waals surface area contributed by atoms with E-state index in [1.807, 2.05) is 0 Å². The number of aliphatic hydroxyl groups is 3. The maximum Gasteiger partial charge on any atom is 0.0627 e. The molecule has 0 amide bonds. The second kappa shape index (κ2) is 4.94. The minimum Gasteiger partial charge on any atom is -0.396 e. The van der Waals surface area contributed by atoms with Crippen LogP contribution in [0.2, 0.25) is 0 Å². The van der Waals surface area contributed by atoms with Crippen LogP contribution in [0.15, 0.2) is 0 Å². The van der Waals surface area contributed by atoms with Crippen molar-refractivity contribution >= 4 is 0 Å². The van der Waals surface area contributed by atoms with Crippen LogP contribution >= 0.6 is 0 Å². The molecule has 4 rings (SSSR count). The number of aliphatic hydroxyl groups excluding tert-OH is 3. The first-order valence-corrected chi connectivity index (χ1v) is 9.39. The fraction of sp³-hybridized carbons (Fsp3) is 1.00. The Morgan fingerprint density at radius 2 is 1.86 bits per heavy atom. The van der Waals surface area contributed by atoms with Crippen molar-refractivity contribution in [2.24, 2.45) is 40.4 Å². The first-order chi connectivity index (χ1) is 10.4. The van der Waals surface area contributed by atoms with E-state index >= 15 is 0 Å². The molecule has 1 spiro atoms. The highest BCUT2D eigenvalue weighted by Gasteiger charge is 2.66. The summed E-state index contributed by atoms with van der Waals surface area (Å²) in [6.45, 7) is 4.82. The van der Waals surface area contributed by atoms with Crippen molar-refractivity contribution in [3.05, 3.63) is 0 Å². The van der Waals surface area contributed by atoms with Gasteiger partial charge in [0.15, 0.2) is 0 Å². The van der Waals surface area contributed by atoms with Gasteiger partial charge in [0.05, 0.1) is 12.2 Å². The van der Waals surface area contributed by atoms with E-state index in [9.17, 15) is 15.3 Å². The molecule has 3 N–H and O–H groups in total. The molecule has 0 aromatic carbocycles. The molecule has 4 aliphatic rings. The second-order valence-electron chi connectivity index (χ2n) is 9.32. The summed E-state index contributed by atoms with van der Waals surface area (Å²) in [4.78, 5) is 0. The molecule has 22 heavy (non-hydrogen) atoms. The molecule has 3 nitrogen and oxygen atoms in total. The smallest absolute Gasteiger partial charge is 0.0627 e. The number of fused-ring (bicyclic) bond motifs is 3. The van der Waals surface area contributed by atoms with Crippen molar-refractivity contribution in [2.75, 3.05) is 6.61 Å². The fourth-order valence-electron chi connectivity index (χ4n) is 7.75. The van der Waals surface area contributed by atoms with Gasteiger partial charge in [0.25, 0.3) is 0 Å². The maximum absolute atomic E-state index is 11.0. The third-order valence-corrected chi connectivity index (χ3v) is 8.61. The molecule has 3 heteroatoms. The summed E-state index contributed by atoms with van der Waals surface area (Å²) in [5.41, 5.74) is 0.198. The van der Waals surface area contributed by atoms with Crippen LogP contribution in [0.25, 0.3) is 0 Å². The first-order valence-electron chi connectivity index (χ1n) is 9.39. The topological polar surface area (TPSA) is 60.7 Å². The largest absolute Gasteiger partial charge is 0.396 e. The van der Waals surface area contributed by atoms with E-state index in [-0.39, 0.29) is 35.6 Å². The van der Waals surface area contributed by atoms with Gasteiger partial charge in [0, 0.05) is 12.0 Å². The summed E-state index contributed by atoms with van der Waals surface area (Å²) < 4.78 is 0. The third kappa shape index (κ3) is 1.79. The molecular weight excluding hydrogens is 276 g/mol. The molecule has 2 bridgehead atoms. The van der Waals surface area contributed by atoms with Gasteiger partial charge < -0.3 is 15.3 Å². The van der Waals surface area contributed by atoms with Crippen LogP contribution in [0, 0.1) is 40.4 Å². The van der Waals surface area contributed by atoms with Crippen LogP contribution in [-0.4, -0.2) is 34.1 Å². The van der Waals surface area contributed by atoms with Crippen LogP contribution in [0.5, 0.6) is 0 Å². The fourth-order valence-corrected chi connectivity index (χ4v) is 7.75. The van der Waals surface area contributed by atoms with Crippen molar-refractivity contribution < 1.29 is 15.3 Å². The number of hydrogen-bond acceptors (Lipinski definition) is 3.